The molecule has 3 nitrogen and oxygen atoms in total. The molecular formula is C18H13NO2. The van der Waals surface area contributed by atoms with Crippen molar-refractivity contribution in [3.05, 3.63) is 70.5 Å². The second kappa shape index (κ2) is 4.92. The Bertz CT molecular complexity index is 897. The Labute approximate surface area is 122 Å². The fraction of sp³-hybridized carbons (Fsp3) is 0.111. The molecular weight excluding hydrogens is 262 g/mol. The fourth-order valence-electron chi connectivity index (χ4n) is 2.41. The number of carbonyl (C=O) groups is 1. The second-order valence-electron chi connectivity index (χ2n) is 5.08. The molecule has 0 fully saturated rings. The lowest BCUT2D eigenvalue weighted by atomic mass is 10.0. The van der Waals surface area contributed by atoms with E-state index in [0.717, 1.165) is 16.5 Å². The summed E-state index contributed by atoms with van der Waals surface area (Å²) in [6, 6.07) is 14.5. The third-order valence-corrected chi connectivity index (χ3v) is 3.55. The molecule has 0 atom stereocenters. The lowest BCUT2D eigenvalue weighted by Gasteiger charge is -1.99. The Hall–Kier alpha value is -2.86. The Kier molecular flexibility index (Phi) is 3.08. The van der Waals surface area contributed by atoms with E-state index < -0.39 is 0 Å². The minimum atomic E-state index is -0.196. The van der Waals surface area contributed by atoms with Gasteiger partial charge < -0.3 is 4.42 Å². The lowest BCUT2D eigenvalue weighted by molar-refractivity contribution is 0.101. The van der Waals surface area contributed by atoms with Crippen molar-refractivity contribution in [2.45, 2.75) is 13.8 Å². The number of rotatable bonds is 2. The predicted molar refractivity (Wildman–Crippen MR) is 80.3 cm³/mol. The summed E-state index contributed by atoms with van der Waals surface area (Å²) < 4.78 is 5.71. The van der Waals surface area contributed by atoms with E-state index in [0.29, 0.717) is 22.5 Å². The number of fused-ring (bicyclic) bond motifs is 1. The minimum absolute atomic E-state index is 0.196. The highest BCUT2D eigenvalue weighted by atomic mass is 16.3. The SMILES string of the molecule is Cc1ccc2oc(C(=O)c3cccc(C#N)c3)c(C)c2c1. The highest BCUT2D eigenvalue weighted by molar-refractivity contribution is 6.10. The first-order chi connectivity index (χ1) is 10.1. The molecule has 0 amide bonds. The Morgan fingerprint density at radius 3 is 2.71 bits per heavy atom. The third kappa shape index (κ3) is 2.21. The maximum absolute atomic E-state index is 12.6. The van der Waals surface area contributed by atoms with Crippen LogP contribution in [0.25, 0.3) is 11.0 Å². The number of hydrogen-bond donors (Lipinski definition) is 0. The standard InChI is InChI=1S/C18H13NO2/c1-11-6-7-16-15(8-11)12(2)18(21-16)17(20)14-5-3-4-13(9-14)10-19/h3-9H,1-2H3. The van der Waals surface area contributed by atoms with Crippen LogP contribution in [0.5, 0.6) is 0 Å². The topological polar surface area (TPSA) is 54.0 Å². The molecule has 2 aromatic carbocycles. The average molecular weight is 275 g/mol. The Morgan fingerprint density at radius 2 is 1.95 bits per heavy atom. The van der Waals surface area contributed by atoms with Gasteiger partial charge in [-0.2, -0.15) is 5.26 Å². The van der Waals surface area contributed by atoms with E-state index in [9.17, 15) is 4.79 Å². The smallest absolute Gasteiger partial charge is 0.228 e. The average Bonchev–Trinajstić information content (AvgIpc) is 2.83. The number of nitrogens with zero attached hydrogens (tertiary/aromatic N) is 1. The van der Waals surface area contributed by atoms with Gasteiger partial charge in [-0.25, -0.2) is 0 Å². The first-order valence-corrected chi connectivity index (χ1v) is 6.65. The molecule has 1 heterocycles. The van der Waals surface area contributed by atoms with Gasteiger partial charge in [-0.15, -0.1) is 0 Å². The van der Waals surface area contributed by atoms with Crippen molar-refractivity contribution in [1.82, 2.24) is 0 Å². The van der Waals surface area contributed by atoms with Gasteiger partial charge in [-0.05, 0) is 38.1 Å². The molecule has 0 N–H and O–H groups in total. The monoisotopic (exact) mass is 275 g/mol. The van der Waals surface area contributed by atoms with Gasteiger partial charge in [0.15, 0.2) is 5.76 Å². The third-order valence-electron chi connectivity index (χ3n) is 3.55. The van der Waals surface area contributed by atoms with Crippen molar-refractivity contribution in [2.24, 2.45) is 0 Å². The number of furan rings is 1. The molecule has 0 saturated carbocycles. The first-order valence-electron chi connectivity index (χ1n) is 6.65. The number of nitriles is 1. The highest BCUT2D eigenvalue weighted by Crippen LogP contribution is 2.28. The maximum Gasteiger partial charge on any atom is 0.228 e. The Morgan fingerprint density at radius 1 is 1.14 bits per heavy atom. The summed E-state index contributed by atoms with van der Waals surface area (Å²) in [6.07, 6.45) is 0. The molecule has 0 saturated heterocycles. The van der Waals surface area contributed by atoms with Crippen molar-refractivity contribution in [3.8, 4) is 6.07 Å². The van der Waals surface area contributed by atoms with Crippen LogP contribution in [0.4, 0.5) is 0 Å². The van der Waals surface area contributed by atoms with Crippen LogP contribution in [0.1, 0.15) is 32.8 Å². The van der Waals surface area contributed by atoms with Crippen LogP contribution in [0, 0.1) is 25.2 Å². The van der Waals surface area contributed by atoms with Crippen molar-refractivity contribution < 1.29 is 9.21 Å². The van der Waals surface area contributed by atoms with Crippen molar-refractivity contribution in [2.75, 3.05) is 0 Å². The second-order valence-corrected chi connectivity index (χ2v) is 5.08. The molecule has 0 aliphatic rings. The molecule has 3 heteroatoms. The van der Waals surface area contributed by atoms with Gasteiger partial charge in [0.2, 0.25) is 5.78 Å². The summed E-state index contributed by atoms with van der Waals surface area (Å²) in [6.45, 7) is 3.89. The predicted octanol–water partition coefficient (Wildman–Crippen LogP) is 4.15. The van der Waals surface area contributed by atoms with E-state index in [1.54, 1.807) is 24.3 Å². The van der Waals surface area contributed by atoms with Gasteiger partial charge in [-0.1, -0.05) is 23.8 Å². The van der Waals surface area contributed by atoms with E-state index in [1.165, 1.54) is 0 Å². The molecule has 0 aliphatic carbocycles. The summed E-state index contributed by atoms with van der Waals surface area (Å²) in [5.41, 5.74) is 3.59. The van der Waals surface area contributed by atoms with Gasteiger partial charge in [0.25, 0.3) is 0 Å². The number of benzene rings is 2. The summed E-state index contributed by atoms with van der Waals surface area (Å²) in [5.74, 6) is 0.143. The van der Waals surface area contributed by atoms with Crippen molar-refractivity contribution in [3.63, 3.8) is 0 Å². The van der Waals surface area contributed by atoms with Gasteiger partial charge in [0, 0.05) is 16.5 Å². The molecule has 21 heavy (non-hydrogen) atoms. The zero-order valence-electron chi connectivity index (χ0n) is 11.8. The maximum atomic E-state index is 12.6. The molecule has 3 aromatic rings. The van der Waals surface area contributed by atoms with Crippen molar-refractivity contribution in [1.29, 1.82) is 5.26 Å². The van der Waals surface area contributed by atoms with Gasteiger partial charge in [0.1, 0.15) is 5.58 Å². The highest BCUT2D eigenvalue weighted by Gasteiger charge is 2.19. The summed E-state index contributed by atoms with van der Waals surface area (Å²) in [4.78, 5) is 12.6. The van der Waals surface area contributed by atoms with E-state index in [1.807, 2.05) is 38.1 Å². The molecule has 0 unspecified atom stereocenters. The van der Waals surface area contributed by atoms with Crippen LogP contribution in [0.15, 0.2) is 46.9 Å². The number of ketones is 1. The van der Waals surface area contributed by atoms with Gasteiger partial charge in [-0.3, -0.25) is 4.79 Å². The van der Waals surface area contributed by atoms with Crippen LogP contribution >= 0.6 is 0 Å². The summed E-state index contributed by atoms with van der Waals surface area (Å²) in [5, 5.41) is 9.88. The molecule has 1 aromatic heterocycles. The van der Waals surface area contributed by atoms with E-state index >= 15 is 0 Å². The normalized spacial score (nSPS) is 10.5. The van der Waals surface area contributed by atoms with Crippen molar-refractivity contribution >= 4 is 16.8 Å². The molecule has 0 radical (unpaired) electrons. The molecule has 0 bridgehead atoms. The zero-order valence-corrected chi connectivity index (χ0v) is 11.8. The van der Waals surface area contributed by atoms with E-state index in [2.05, 4.69) is 0 Å². The Balaban J connectivity index is 2.13. The summed E-state index contributed by atoms with van der Waals surface area (Å²) >= 11 is 0. The number of hydrogen-bond acceptors (Lipinski definition) is 3. The fourth-order valence-corrected chi connectivity index (χ4v) is 2.41. The lowest BCUT2D eigenvalue weighted by Crippen LogP contribution is -2.01. The van der Waals surface area contributed by atoms with Crippen LogP contribution in [-0.4, -0.2) is 5.78 Å². The quantitative estimate of drug-likeness (QED) is 0.660. The number of carbonyl (C=O) groups excluding carboxylic acids is 1. The zero-order chi connectivity index (χ0) is 15.0. The van der Waals surface area contributed by atoms with Gasteiger partial charge >= 0.3 is 0 Å². The molecule has 0 aliphatic heterocycles. The van der Waals surface area contributed by atoms with Crippen LogP contribution < -0.4 is 0 Å². The molecule has 3 rings (SSSR count). The van der Waals surface area contributed by atoms with Crippen LogP contribution in [0.3, 0.4) is 0 Å². The minimum Gasteiger partial charge on any atom is -0.452 e. The molecule has 102 valence electrons. The summed E-state index contributed by atoms with van der Waals surface area (Å²) in [7, 11) is 0. The van der Waals surface area contributed by atoms with Gasteiger partial charge in [0.05, 0.1) is 11.6 Å². The van der Waals surface area contributed by atoms with E-state index in [4.69, 9.17) is 9.68 Å². The first kappa shape index (κ1) is 13.1. The molecule has 0 spiro atoms. The van der Waals surface area contributed by atoms with Crippen LogP contribution in [-0.2, 0) is 0 Å². The van der Waals surface area contributed by atoms with Crippen LogP contribution in [0.2, 0.25) is 0 Å². The van der Waals surface area contributed by atoms with E-state index in [-0.39, 0.29) is 5.78 Å². The number of aryl methyl sites for hydroxylation is 2. The largest absolute Gasteiger partial charge is 0.452 e.